The first-order valence-corrected chi connectivity index (χ1v) is 10.2. The van der Waals surface area contributed by atoms with Gasteiger partial charge in [0.15, 0.2) is 0 Å². The van der Waals surface area contributed by atoms with Gasteiger partial charge >= 0.3 is 5.97 Å². The van der Waals surface area contributed by atoms with Crippen LogP contribution in [0, 0.1) is 5.92 Å². The molecule has 0 radical (unpaired) electrons. The van der Waals surface area contributed by atoms with Crippen molar-refractivity contribution < 1.29 is 14.3 Å². The predicted octanol–water partition coefficient (Wildman–Crippen LogP) is 5.58. The first-order valence-electron chi connectivity index (χ1n) is 9.32. The third-order valence-corrected chi connectivity index (χ3v) is 5.66. The van der Waals surface area contributed by atoms with E-state index in [0.29, 0.717) is 18.6 Å². The van der Waals surface area contributed by atoms with E-state index in [-0.39, 0.29) is 22.8 Å². The van der Waals surface area contributed by atoms with Crippen molar-refractivity contribution in [2.45, 2.75) is 102 Å². The number of esters is 1. The molecule has 0 saturated heterocycles. The lowest BCUT2D eigenvalue weighted by atomic mass is 9.92. The molecule has 0 aromatic carbocycles. The Morgan fingerprint density at radius 1 is 1.04 bits per heavy atom. The summed E-state index contributed by atoms with van der Waals surface area (Å²) in [4.78, 5) is 23.6. The molecular weight excluding hydrogens is 356 g/mol. The van der Waals surface area contributed by atoms with Crippen LogP contribution in [0.3, 0.4) is 0 Å². The Labute approximate surface area is 150 Å². The van der Waals surface area contributed by atoms with Gasteiger partial charge in [0, 0.05) is 19.8 Å². The summed E-state index contributed by atoms with van der Waals surface area (Å²) >= 11 is 3.72. The summed E-state index contributed by atoms with van der Waals surface area (Å²) in [6.45, 7) is 3.56. The topological polar surface area (TPSA) is 43.4 Å². The number of hydrogen-bond acceptors (Lipinski definition) is 3. The fourth-order valence-electron chi connectivity index (χ4n) is 3.36. The van der Waals surface area contributed by atoms with Gasteiger partial charge in [-0.1, -0.05) is 67.8 Å². The number of ketones is 1. The van der Waals surface area contributed by atoms with E-state index >= 15 is 0 Å². The first-order chi connectivity index (χ1) is 11.0. The molecule has 3 atom stereocenters. The highest BCUT2D eigenvalue weighted by Gasteiger charge is 2.25. The molecule has 0 aromatic rings. The van der Waals surface area contributed by atoms with E-state index in [1.807, 2.05) is 0 Å². The lowest BCUT2D eigenvalue weighted by Gasteiger charge is -2.25. The highest BCUT2D eigenvalue weighted by Crippen LogP contribution is 2.25. The number of rotatable bonds is 1. The molecule has 0 aromatic heterocycles. The van der Waals surface area contributed by atoms with E-state index in [1.165, 1.54) is 51.9 Å². The summed E-state index contributed by atoms with van der Waals surface area (Å²) in [6, 6.07) is 0. The van der Waals surface area contributed by atoms with Crippen molar-refractivity contribution in [3.05, 3.63) is 0 Å². The predicted molar refractivity (Wildman–Crippen MR) is 97.8 cm³/mol. The highest BCUT2D eigenvalue weighted by atomic mass is 79.9. The molecule has 0 heterocycles. The van der Waals surface area contributed by atoms with Gasteiger partial charge < -0.3 is 4.74 Å². The molecule has 4 heteroatoms. The number of Topliss-reactive ketones (excluding diaryl/α,β-unsaturated/α-hetero) is 1. The first kappa shape index (κ1) is 20.7. The Kier molecular flexibility index (Phi) is 10.8. The van der Waals surface area contributed by atoms with Crippen molar-refractivity contribution in [1.29, 1.82) is 0 Å². The van der Waals surface area contributed by atoms with Crippen LogP contribution in [0.5, 0.6) is 0 Å². The van der Waals surface area contributed by atoms with Crippen LogP contribution < -0.4 is 0 Å². The highest BCUT2D eigenvalue weighted by molar-refractivity contribution is 9.09. The second kappa shape index (κ2) is 12.0. The zero-order valence-corrected chi connectivity index (χ0v) is 16.4. The summed E-state index contributed by atoms with van der Waals surface area (Å²) in [5, 5.41) is 0. The minimum atomic E-state index is -0.229. The summed E-state index contributed by atoms with van der Waals surface area (Å²) in [6.07, 6.45) is 12.7. The van der Waals surface area contributed by atoms with E-state index in [0.717, 1.165) is 19.3 Å². The normalized spacial score (nSPS) is 29.9. The number of carbonyl (C=O) groups is 2. The third kappa shape index (κ3) is 10.2. The Hall–Kier alpha value is -0.380. The van der Waals surface area contributed by atoms with E-state index in [1.54, 1.807) is 0 Å². The maximum Gasteiger partial charge on any atom is 0.302 e. The third-order valence-electron chi connectivity index (χ3n) is 4.62. The van der Waals surface area contributed by atoms with Crippen LogP contribution in [0.1, 0.15) is 90.9 Å². The van der Waals surface area contributed by atoms with Gasteiger partial charge in [0.25, 0.3) is 0 Å². The summed E-state index contributed by atoms with van der Waals surface area (Å²) in [5.74, 6) is 0.393. The van der Waals surface area contributed by atoms with Gasteiger partial charge in [0.05, 0.1) is 4.83 Å². The maximum absolute atomic E-state index is 12.1. The molecule has 0 aliphatic heterocycles. The molecule has 0 N–H and O–H groups in total. The largest absolute Gasteiger partial charge is 0.461 e. The molecule has 1 aliphatic rings. The van der Waals surface area contributed by atoms with E-state index in [2.05, 4.69) is 22.9 Å². The SMILES string of the molecule is CC(=O)OC1CC(C)CC(=O)CCCCCCCCCCC1Br. The number of carbonyl (C=O) groups excluding carboxylic acids is 2. The number of alkyl halides is 1. The van der Waals surface area contributed by atoms with E-state index in [9.17, 15) is 9.59 Å². The zero-order valence-electron chi connectivity index (χ0n) is 14.8. The van der Waals surface area contributed by atoms with Crippen LogP contribution >= 0.6 is 15.9 Å². The van der Waals surface area contributed by atoms with Crippen molar-refractivity contribution in [1.82, 2.24) is 0 Å². The van der Waals surface area contributed by atoms with Gasteiger partial charge in [-0.3, -0.25) is 9.59 Å². The lowest BCUT2D eigenvalue weighted by Crippen LogP contribution is -2.29. The van der Waals surface area contributed by atoms with Gasteiger partial charge in [-0.2, -0.15) is 0 Å². The number of hydrogen-bond donors (Lipinski definition) is 0. The fourth-order valence-corrected chi connectivity index (χ4v) is 4.01. The molecule has 3 nitrogen and oxygen atoms in total. The van der Waals surface area contributed by atoms with E-state index < -0.39 is 0 Å². The molecule has 0 bridgehead atoms. The quantitative estimate of drug-likeness (QED) is 0.434. The second-order valence-electron chi connectivity index (χ2n) is 7.11. The summed E-state index contributed by atoms with van der Waals surface area (Å²) in [5.41, 5.74) is 0. The van der Waals surface area contributed by atoms with Crippen molar-refractivity contribution in [3.8, 4) is 0 Å². The molecule has 23 heavy (non-hydrogen) atoms. The van der Waals surface area contributed by atoms with Gasteiger partial charge in [-0.05, 0) is 25.2 Å². The van der Waals surface area contributed by atoms with Crippen molar-refractivity contribution in [3.63, 3.8) is 0 Å². The monoisotopic (exact) mass is 388 g/mol. The number of ether oxygens (including phenoxy) is 1. The zero-order chi connectivity index (χ0) is 17.1. The Morgan fingerprint density at radius 3 is 2.22 bits per heavy atom. The van der Waals surface area contributed by atoms with Crippen LogP contribution in [0.15, 0.2) is 0 Å². The van der Waals surface area contributed by atoms with Crippen LogP contribution in [-0.4, -0.2) is 22.7 Å². The molecule has 0 amide bonds. The van der Waals surface area contributed by atoms with Gasteiger partial charge in [0.1, 0.15) is 11.9 Å². The maximum atomic E-state index is 12.1. The fraction of sp³-hybridized carbons (Fsp3) is 0.895. The van der Waals surface area contributed by atoms with Gasteiger partial charge in [0.2, 0.25) is 0 Å². The second-order valence-corrected chi connectivity index (χ2v) is 8.29. The Bertz CT molecular complexity index is 357. The average Bonchev–Trinajstić information content (AvgIpc) is 2.46. The smallest absolute Gasteiger partial charge is 0.302 e. The molecule has 0 spiro atoms. The summed E-state index contributed by atoms with van der Waals surface area (Å²) < 4.78 is 5.52. The molecule has 1 fully saturated rings. The molecule has 1 saturated carbocycles. The van der Waals surface area contributed by atoms with E-state index in [4.69, 9.17) is 4.74 Å². The Morgan fingerprint density at radius 2 is 1.61 bits per heavy atom. The van der Waals surface area contributed by atoms with Crippen LogP contribution in [0.25, 0.3) is 0 Å². The molecular formula is C19H33BrO3. The summed E-state index contributed by atoms with van der Waals surface area (Å²) in [7, 11) is 0. The van der Waals surface area contributed by atoms with Crippen molar-refractivity contribution >= 4 is 27.7 Å². The Balaban J connectivity index is 2.59. The van der Waals surface area contributed by atoms with Crippen molar-refractivity contribution in [2.75, 3.05) is 0 Å². The van der Waals surface area contributed by atoms with Crippen LogP contribution in [-0.2, 0) is 14.3 Å². The van der Waals surface area contributed by atoms with Gasteiger partial charge in [-0.25, -0.2) is 0 Å². The minimum absolute atomic E-state index is 0.122. The minimum Gasteiger partial charge on any atom is -0.461 e. The molecule has 3 unspecified atom stereocenters. The average molecular weight is 389 g/mol. The van der Waals surface area contributed by atoms with Crippen LogP contribution in [0.2, 0.25) is 0 Å². The number of halogens is 1. The lowest BCUT2D eigenvalue weighted by molar-refractivity contribution is -0.147. The van der Waals surface area contributed by atoms with Crippen LogP contribution in [0.4, 0.5) is 0 Å². The van der Waals surface area contributed by atoms with Gasteiger partial charge in [-0.15, -0.1) is 0 Å². The standard InChI is InChI=1S/C19H33BrO3/c1-15-13-17(22)11-9-7-5-3-4-6-8-10-12-18(20)19(14-15)23-16(2)21/h15,18-19H,3-14H2,1-2H3. The molecule has 1 rings (SSSR count). The van der Waals surface area contributed by atoms with Crippen molar-refractivity contribution in [2.24, 2.45) is 5.92 Å². The molecule has 1 aliphatic carbocycles. The molecule has 134 valence electrons.